The van der Waals surface area contributed by atoms with Gasteiger partial charge in [-0.3, -0.25) is 0 Å². The van der Waals surface area contributed by atoms with Crippen LogP contribution in [-0.4, -0.2) is 11.9 Å². The number of ether oxygens (including phenoxy) is 1. The van der Waals surface area contributed by atoms with Gasteiger partial charge >= 0.3 is 5.97 Å². The lowest BCUT2D eigenvalue weighted by molar-refractivity contribution is -0.129. The smallest absolute Gasteiger partial charge is 0.363 e. The number of rotatable bonds is 2. The van der Waals surface area contributed by atoms with Crippen LogP contribution in [0.25, 0.3) is 27.6 Å². The molecule has 0 N–H and O–H groups in total. The van der Waals surface area contributed by atoms with Crippen molar-refractivity contribution in [2.45, 2.75) is 0 Å². The Labute approximate surface area is 185 Å². The molecule has 0 bridgehead atoms. The van der Waals surface area contributed by atoms with Crippen LogP contribution < -0.4 is 0 Å². The van der Waals surface area contributed by atoms with E-state index in [1.54, 1.807) is 6.07 Å². The van der Waals surface area contributed by atoms with E-state index in [1.807, 2.05) is 42.5 Å². The highest BCUT2D eigenvalue weighted by Gasteiger charge is 2.26. The Bertz CT molecular complexity index is 1320. The van der Waals surface area contributed by atoms with Crippen LogP contribution in [0.3, 0.4) is 0 Å². The van der Waals surface area contributed by atoms with Crippen molar-refractivity contribution in [1.82, 2.24) is 0 Å². The van der Waals surface area contributed by atoms with Crippen LogP contribution in [0.1, 0.15) is 11.1 Å². The third kappa shape index (κ3) is 3.32. The normalized spacial score (nSPS) is 15.2. The van der Waals surface area contributed by atoms with Gasteiger partial charge in [-0.15, -0.1) is 0 Å². The molecule has 140 valence electrons. The molecule has 4 aromatic carbocycles. The van der Waals surface area contributed by atoms with E-state index >= 15 is 0 Å². The van der Waals surface area contributed by atoms with Crippen molar-refractivity contribution < 1.29 is 9.53 Å². The number of fused-ring (bicyclic) bond motifs is 2. The van der Waals surface area contributed by atoms with Gasteiger partial charge in [0.15, 0.2) is 5.70 Å². The Morgan fingerprint density at radius 1 is 0.897 bits per heavy atom. The maximum atomic E-state index is 12.6. The molecular formula is C24H13ClINO2. The van der Waals surface area contributed by atoms with Gasteiger partial charge in [-0.25, -0.2) is 9.79 Å². The Balaban J connectivity index is 1.72. The first-order valence-corrected chi connectivity index (χ1v) is 10.4. The van der Waals surface area contributed by atoms with Crippen LogP contribution in [0.15, 0.2) is 83.5 Å². The molecule has 0 saturated heterocycles. The minimum absolute atomic E-state index is 0.231. The zero-order valence-corrected chi connectivity index (χ0v) is 17.9. The van der Waals surface area contributed by atoms with Crippen molar-refractivity contribution in [3.05, 3.63) is 98.2 Å². The summed E-state index contributed by atoms with van der Waals surface area (Å²) in [6, 6.07) is 23.9. The number of esters is 1. The van der Waals surface area contributed by atoms with E-state index in [0.29, 0.717) is 10.6 Å². The maximum absolute atomic E-state index is 12.6. The number of cyclic esters (lactones) is 1. The topological polar surface area (TPSA) is 38.7 Å². The molecule has 3 nitrogen and oxygen atoms in total. The monoisotopic (exact) mass is 509 g/mol. The van der Waals surface area contributed by atoms with E-state index < -0.39 is 5.97 Å². The Morgan fingerprint density at radius 3 is 2.24 bits per heavy atom. The van der Waals surface area contributed by atoms with Crippen molar-refractivity contribution in [1.29, 1.82) is 0 Å². The van der Waals surface area contributed by atoms with Gasteiger partial charge in [0.05, 0.1) is 10.6 Å². The number of carbonyl (C=O) groups excluding carboxylic acids is 1. The number of halogens is 2. The minimum Gasteiger partial charge on any atom is -0.402 e. The molecule has 0 fully saturated rings. The summed E-state index contributed by atoms with van der Waals surface area (Å²) in [5, 5.41) is 4.82. The van der Waals surface area contributed by atoms with Crippen LogP contribution in [0.2, 0.25) is 5.02 Å². The largest absolute Gasteiger partial charge is 0.402 e. The standard InChI is InChI=1S/C24H13ClINO2/c25-21-10-9-16(26)12-20(21)23-27-22(24(28)29-23)13-19-17-7-3-1-5-14(17)11-15-6-2-4-8-18(15)19/h1-13H/b22-13-. The molecule has 29 heavy (non-hydrogen) atoms. The SMILES string of the molecule is O=C1OC(c2cc(I)ccc2Cl)=N/C1=C\c1c2ccccc2cc2ccccc12. The fourth-order valence-corrected chi connectivity index (χ4v) is 4.22. The van der Waals surface area contributed by atoms with Crippen LogP contribution in [-0.2, 0) is 9.53 Å². The second-order valence-electron chi connectivity index (χ2n) is 6.69. The number of hydrogen-bond acceptors (Lipinski definition) is 3. The summed E-state index contributed by atoms with van der Waals surface area (Å²) in [7, 11) is 0. The van der Waals surface area contributed by atoms with Gasteiger partial charge < -0.3 is 4.74 Å². The lowest BCUT2D eigenvalue weighted by atomic mass is 9.96. The van der Waals surface area contributed by atoms with Gasteiger partial charge in [0, 0.05) is 3.57 Å². The highest BCUT2D eigenvalue weighted by Crippen LogP contribution is 2.32. The van der Waals surface area contributed by atoms with Gasteiger partial charge in [0.2, 0.25) is 5.90 Å². The fraction of sp³-hybridized carbons (Fsp3) is 0. The number of hydrogen-bond donors (Lipinski definition) is 0. The summed E-state index contributed by atoms with van der Waals surface area (Å²) in [5.74, 6) is -0.249. The predicted molar refractivity (Wildman–Crippen MR) is 126 cm³/mol. The highest BCUT2D eigenvalue weighted by molar-refractivity contribution is 14.1. The van der Waals surface area contributed by atoms with Crippen LogP contribution in [0, 0.1) is 3.57 Å². The van der Waals surface area contributed by atoms with E-state index in [0.717, 1.165) is 30.7 Å². The van der Waals surface area contributed by atoms with Crippen LogP contribution >= 0.6 is 34.2 Å². The lowest BCUT2D eigenvalue weighted by Crippen LogP contribution is -2.06. The molecule has 1 aliphatic rings. The first-order valence-electron chi connectivity index (χ1n) is 8.98. The third-order valence-corrected chi connectivity index (χ3v) is 5.87. The predicted octanol–water partition coefficient (Wildman–Crippen LogP) is 6.60. The van der Waals surface area contributed by atoms with Crippen LogP contribution in [0.4, 0.5) is 0 Å². The highest BCUT2D eigenvalue weighted by atomic mass is 127. The molecule has 1 heterocycles. The Morgan fingerprint density at radius 2 is 1.55 bits per heavy atom. The van der Waals surface area contributed by atoms with Gasteiger partial charge in [-0.1, -0.05) is 60.1 Å². The maximum Gasteiger partial charge on any atom is 0.363 e. The summed E-state index contributed by atoms with van der Waals surface area (Å²) >= 11 is 8.48. The first kappa shape index (κ1) is 18.3. The first-order chi connectivity index (χ1) is 14.1. The second-order valence-corrected chi connectivity index (χ2v) is 8.35. The van der Waals surface area contributed by atoms with E-state index in [1.165, 1.54) is 0 Å². The van der Waals surface area contributed by atoms with Crippen molar-refractivity contribution in [3.8, 4) is 0 Å². The third-order valence-electron chi connectivity index (χ3n) is 4.87. The number of aliphatic imine (C=N–C) groups is 1. The Kier molecular flexibility index (Phi) is 4.60. The number of carbonyl (C=O) groups is 1. The summed E-state index contributed by atoms with van der Waals surface area (Å²) in [6.45, 7) is 0. The molecule has 0 spiro atoms. The lowest BCUT2D eigenvalue weighted by Gasteiger charge is -2.08. The van der Waals surface area contributed by atoms with Gasteiger partial charge in [0.1, 0.15) is 0 Å². The minimum atomic E-state index is -0.480. The number of benzene rings is 4. The van der Waals surface area contributed by atoms with E-state index in [2.05, 4.69) is 57.9 Å². The molecule has 0 aromatic heterocycles. The van der Waals surface area contributed by atoms with Crippen molar-refractivity contribution >= 4 is 73.7 Å². The molecule has 0 unspecified atom stereocenters. The summed E-state index contributed by atoms with van der Waals surface area (Å²) in [6.07, 6.45) is 1.81. The van der Waals surface area contributed by atoms with E-state index in [9.17, 15) is 4.79 Å². The molecule has 0 saturated carbocycles. The van der Waals surface area contributed by atoms with Gasteiger partial charge in [0.25, 0.3) is 0 Å². The average molecular weight is 510 g/mol. The molecular weight excluding hydrogens is 497 g/mol. The number of nitrogens with zero attached hydrogens (tertiary/aromatic N) is 1. The second kappa shape index (κ2) is 7.28. The molecule has 5 rings (SSSR count). The summed E-state index contributed by atoms with van der Waals surface area (Å²) in [5.41, 5.74) is 1.82. The van der Waals surface area contributed by atoms with Gasteiger partial charge in [-0.2, -0.15) is 0 Å². The quantitative estimate of drug-likeness (QED) is 0.132. The summed E-state index contributed by atoms with van der Waals surface area (Å²) in [4.78, 5) is 17.0. The molecule has 1 aliphatic heterocycles. The molecule has 5 heteroatoms. The zero-order chi connectivity index (χ0) is 20.0. The van der Waals surface area contributed by atoms with E-state index in [4.69, 9.17) is 16.3 Å². The van der Waals surface area contributed by atoms with Crippen molar-refractivity contribution in [3.63, 3.8) is 0 Å². The van der Waals surface area contributed by atoms with E-state index in [-0.39, 0.29) is 11.6 Å². The average Bonchev–Trinajstić information content (AvgIpc) is 3.09. The summed E-state index contributed by atoms with van der Waals surface area (Å²) < 4.78 is 6.43. The zero-order valence-electron chi connectivity index (χ0n) is 15.0. The van der Waals surface area contributed by atoms with Gasteiger partial charge in [-0.05, 0) is 80.0 Å². The fourth-order valence-electron chi connectivity index (χ4n) is 3.53. The molecule has 0 aliphatic carbocycles. The van der Waals surface area contributed by atoms with Crippen LogP contribution in [0.5, 0.6) is 0 Å². The van der Waals surface area contributed by atoms with Crippen molar-refractivity contribution in [2.75, 3.05) is 0 Å². The Hall–Kier alpha value is -2.70. The van der Waals surface area contributed by atoms with Crippen molar-refractivity contribution in [2.24, 2.45) is 4.99 Å². The molecule has 4 aromatic rings. The molecule has 0 radical (unpaired) electrons. The molecule has 0 amide bonds. The molecule has 0 atom stereocenters.